The normalized spacial score (nSPS) is 16.5. The summed E-state index contributed by atoms with van der Waals surface area (Å²) in [5.41, 5.74) is 7.86. The summed E-state index contributed by atoms with van der Waals surface area (Å²) in [5.74, 6) is 0.212. The van der Waals surface area contributed by atoms with E-state index in [0.717, 1.165) is 43.2 Å². The van der Waals surface area contributed by atoms with E-state index in [4.69, 9.17) is 17.3 Å². The third-order valence-corrected chi connectivity index (χ3v) is 5.29. The number of rotatable bonds is 6. The quantitative estimate of drug-likeness (QED) is 0.847. The largest absolute Gasteiger partial charge is 0.340 e. The number of amides is 1. The molecule has 0 saturated carbocycles. The standard InChI is InChI=1S/C21H26ClN3O/c22-19-10-5-4-9-18(19)21(17-7-2-1-3-8-17)25-15-13-24(14-16-25)20(26)11-6-12-23/h1-5,7-10,21H,6,11-16,23H2. The Labute approximate surface area is 160 Å². The monoisotopic (exact) mass is 371 g/mol. The van der Waals surface area contributed by atoms with Crippen LogP contribution in [0.15, 0.2) is 54.6 Å². The molecule has 1 saturated heterocycles. The maximum atomic E-state index is 12.3. The minimum atomic E-state index is 0.103. The van der Waals surface area contributed by atoms with E-state index in [1.54, 1.807) is 0 Å². The molecular formula is C21H26ClN3O. The molecular weight excluding hydrogens is 346 g/mol. The Hall–Kier alpha value is -1.88. The third-order valence-electron chi connectivity index (χ3n) is 4.94. The average Bonchev–Trinajstić information content (AvgIpc) is 2.69. The molecule has 4 nitrogen and oxygen atoms in total. The first kappa shape index (κ1) is 18.9. The smallest absolute Gasteiger partial charge is 0.222 e. The molecule has 1 aliphatic heterocycles. The molecule has 0 radical (unpaired) electrons. The summed E-state index contributed by atoms with van der Waals surface area (Å²) < 4.78 is 0. The highest BCUT2D eigenvalue weighted by molar-refractivity contribution is 6.31. The number of benzene rings is 2. The summed E-state index contributed by atoms with van der Waals surface area (Å²) in [6.07, 6.45) is 1.30. The molecule has 0 spiro atoms. The van der Waals surface area contributed by atoms with E-state index in [-0.39, 0.29) is 11.9 Å². The fourth-order valence-electron chi connectivity index (χ4n) is 3.56. The van der Waals surface area contributed by atoms with E-state index in [9.17, 15) is 4.79 Å². The molecule has 1 aliphatic rings. The number of nitrogens with zero attached hydrogens (tertiary/aromatic N) is 2. The minimum absolute atomic E-state index is 0.103. The van der Waals surface area contributed by atoms with Gasteiger partial charge < -0.3 is 10.6 Å². The molecule has 2 aromatic carbocycles. The van der Waals surface area contributed by atoms with E-state index in [1.165, 1.54) is 5.56 Å². The molecule has 0 bridgehead atoms. The van der Waals surface area contributed by atoms with Crippen molar-refractivity contribution in [3.05, 3.63) is 70.7 Å². The van der Waals surface area contributed by atoms with Crippen LogP contribution >= 0.6 is 11.6 Å². The summed E-state index contributed by atoms with van der Waals surface area (Å²) in [4.78, 5) is 16.6. The Morgan fingerprint density at radius 1 is 1.00 bits per heavy atom. The predicted octanol–water partition coefficient (Wildman–Crippen LogP) is 3.31. The van der Waals surface area contributed by atoms with Gasteiger partial charge in [0.2, 0.25) is 5.91 Å². The van der Waals surface area contributed by atoms with Crippen molar-refractivity contribution in [1.29, 1.82) is 0 Å². The van der Waals surface area contributed by atoms with Gasteiger partial charge in [0, 0.05) is 37.6 Å². The molecule has 0 aromatic heterocycles. The van der Waals surface area contributed by atoms with Gasteiger partial charge in [0.05, 0.1) is 6.04 Å². The van der Waals surface area contributed by atoms with Crippen molar-refractivity contribution in [3.63, 3.8) is 0 Å². The van der Waals surface area contributed by atoms with Gasteiger partial charge in [-0.25, -0.2) is 0 Å². The zero-order chi connectivity index (χ0) is 18.4. The number of carbonyl (C=O) groups is 1. The lowest BCUT2D eigenvalue weighted by atomic mass is 9.96. The van der Waals surface area contributed by atoms with E-state index >= 15 is 0 Å². The number of hydrogen-bond acceptors (Lipinski definition) is 3. The summed E-state index contributed by atoms with van der Waals surface area (Å²) in [5, 5.41) is 0.780. The number of hydrogen-bond donors (Lipinski definition) is 1. The summed E-state index contributed by atoms with van der Waals surface area (Å²) >= 11 is 6.52. The first-order chi connectivity index (χ1) is 12.7. The van der Waals surface area contributed by atoms with Gasteiger partial charge in [-0.15, -0.1) is 0 Å². The summed E-state index contributed by atoms with van der Waals surface area (Å²) in [6.45, 7) is 3.72. The van der Waals surface area contributed by atoms with Crippen LogP contribution in [0.4, 0.5) is 0 Å². The fraction of sp³-hybridized carbons (Fsp3) is 0.381. The number of nitrogens with two attached hydrogens (primary N) is 1. The molecule has 1 atom stereocenters. The predicted molar refractivity (Wildman–Crippen MR) is 106 cm³/mol. The fourth-order valence-corrected chi connectivity index (χ4v) is 3.80. The second-order valence-electron chi connectivity index (χ2n) is 6.64. The van der Waals surface area contributed by atoms with Crippen LogP contribution in [0.3, 0.4) is 0 Å². The molecule has 0 aliphatic carbocycles. The van der Waals surface area contributed by atoms with Crippen LogP contribution in [0.25, 0.3) is 0 Å². The minimum Gasteiger partial charge on any atom is -0.340 e. The van der Waals surface area contributed by atoms with Crippen LogP contribution in [0.1, 0.15) is 30.0 Å². The van der Waals surface area contributed by atoms with Gasteiger partial charge in [0.25, 0.3) is 0 Å². The number of carbonyl (C=O) groups excluding carboxylic acids is 1. The zero-order valence-electron chi connectivity index (χ0n) is 15.0. The Kier molecular flexibility index (Phi) is 6.67. The molecule has 5 heteroatoms. The summed E-state index contributed by atoms with van der Waals surface area (Å²) in [6, 6.07) is 18.6. The first-order valence-corrected chi connectivity index (χ1v) is 9.59. The lowest BCUT2D eigenvalue weighted by Crippen LogP contribution is -2.49. The Morgan fingerprint density at radius 3 is 2.31 bits per heavy atom. The van der Waals surface area contributed by atoms with Gasteiger partial charge in [0.15, 0.2) is 0 Å². The van der Waals surface area contributed by atoms with E-state index < -0.39 is 0 Å². The zero-order valence-corrected chi connectivity index (χ0v) is 15.7. The molecule has 1 amide bonds. The van der Waals surface area contributed by atoms with Crippen molar-refractivity contribution < 1.29 is 4.79 Å². The van der Waals surface area contributed by atoms with Gasteiger partial charge >= 0.3 is 0 Å². The highest BCUT2D eigenvalue weighted by Crippen LogP contribution is 2.33. The highest BCUT2D eigenvalue weighted by atomic mass is 35.5. The molecule has 2 N–H and O–H groups in total. The van der Waals surface area contributed by atoms with Crippen LogP contribution in [0.2, 0.25) is 5.02 Å². The van der Waals surface area contributed by atoms with Gasteiger partial charge in [0.1, 0.15) is 0 Å². The molecule has 1 heterocycles. The van der Waals surface area contributed by atoms with E-state index in [2.05, 4.69) is 35.2 Å². The van der Waals surface area contributed by atoms with Crippen molar-refractivity contribution in [2.75, 3.05) is 32.7 Å². The van der Waals surface area contributed by atoms with Crippen LogP contribution in [-0.2, 0) is 4.79 Å². The maximum absolute atomic E-state index is 12.3. The van der Waals surface area contributed by atoms with Crippen LogP contribution in [0, 0.1) is 0 Å². The second kappa shape index (κ2) is 9.17. The van der Waals surface area contributed by atoms with Crippen LogP contribution in [0.5, 0.6) is 0 Å². The van der Waals surface area contributed by atoms with Gasteiger partial charge in [-0.2, -0.15) is 0 Å². The SMILES string of the molecule is NCCCC(=O)N1CCN(C(c2ccccc2)c2ccccc2Cl)CC1. The molecule has 1 fully saturated rings. The van der Waals surface area contributed by atoms with Crippen molar-refractivity contribution in [2.45, 2.75) is 18.9 Å². The van der Waals surface area contributed by atoms with Crippen molar-refractivity contribution in [2.24, 2.45) is 5.73 Å². The Bertz CT molecular complexity index is 714. The second-order valence-corrected chi connectivity index (χ2v) is 7.05. The Balaban J connectivity index is 1.77. The number of piperazine rings is 1. The molecule has 2 aromatic rings. The average molecular weight is 372 g/mol. The molecule has 138 valence electrons. The molecule has 1 unspecified atom stereocenters. The third kappa shape index (κ3) is 4.44. The van der Waals surface area contributed by atoms with Crippen LogP contribution < -0.4 is 5.73 Å². The van der Waals surface area contributed by atoms with Crippen molar-refractivity contribution >= 4 is 17.5 Å². The van der Waals surface area contributed by atoms with E-state index in [1.807, 2.05) is 29.2 Å². The highest BCUT2D eigenvalue weighted by Gasteiger charge is 2.28. The van der Waals surface area contributed by atoms with Gasteiger partial charge in [-0.1, -0.05) is 60.1 Å². The molecule has 3 rings (SSSR count). The van der Waals surface area contributed by atoms with Gasteiger partial charge in [-0.05, 0) is 30.2 Å². The van der Waals surface area contributed by atoms with Crippen molar-refractivity contribution in [3.8, 4) is 0 Å². The lowest BCUT2D eigenvalue weighted by Gasteiger charge is -2.40. The number of halogens is 1. The van der Waals surface area contributed by atoms with Crippen molar-refractivity contribution in [1.82, 2.24) is 9.80 Å². The summed E-state index contributed by atoms with van der Waals surface area (Å²) in [7, 11) is 0. The first-order valence-electron chi connectivity index (χ1n) is 9.22. The van der Waals surface area contributed by atoms with Gasteiger partial charge in [-0.3, -0.25) is 9.69 Å². The molecule has 26 heavy (non-hydrogen) atoms. The topological polar surface area (TPSA) is 49.6 Å². The van der Waals surface area contributed by atoms with Crippen LogP contribution in [-0.4, -0.2) is 48.4 Å². The maximum Gasteiger partial charge on any atom is 0.222 e. The lowest BCUT2D eigenvalue weighted by molar-refractivity contribution is -0.133. The Morgan fingerprint density at radius 2 is 1.65 bits per heavy atom. The van der Waals surface area contributed by atoms with E-state index in [0.29, 0.717) is 13.0 Å².